The quantitative estimate of drug-likeness (QED) is 0.480. The van der Waals surface area contributed by atoms with Crippen LogP contribution in [0.3, 0.4) is 0 Å². The van der Waals surface area contributed by atoms with Crippen LogP contribution in [-0.4, -0.2) is 46.4 Å². The SMILES string of the molecule is CC(C)(C)c1csc(NC(=O)c2csc(C3CCN(C(=O)NCCC4=CCCCC4)CC3)n2)n1. The fourth-order valence-corrected chi connectivity index (χ4v) is 6.22. The van der Waals surface area contributed by atoms with Gasteiger partial charge in [-0.05, 0) is 44.9 Å². The Morgan fingerprint density at radius 1 is 1.12 bits per heavy atom. The van der Waals surface area contributed by atoms with Gasteiger partial charge in [0, 0.05) is 41.7 Å². The number of hydrogen-bond acceptors (Lipinski definition) is 6. The molecule has 1 aliphatic heterocycles. The number of hydrogen-bond donors (Lipinski definition) is 2. The van der Waals surface area contributed by atoms with E-state index in [0.717, 1.165) is 43.1 Å². The first-order valence-electron chi connectivity index (χ1n) is 12.2. The predicted molar refractivity (Wildman–Crippen MR) is 139 cm³/mol. The summed E-state index contributed by atoms with van der Waals surface area (Å²) in [7, 11) is 0. The number of amides is 3. The molecular formula is C25H35N5O2S2. The normalized spacial score (nSPS) is 17.4. The van der Waals surface area contributed by atoms with E-state index < -0.39 is 0 Å². The number of anilines is 1. The number of likely N-dealkylation sites (tertiary alicyclic amines) is 1. The van der Waals surface area contributed by atoms with E-state index in [1.54, 1.807) is 0 Å². The Morgan fingerprint density at radius 3 is 2.59 bits per heavy atom. The van der Waals surface area contributed by atoms with Gasteiger partial charge >= 0.3 is 6.03 Å². The van der Waals surface area contributed by atoms with Gasteiger partial charge in [0.15, 0.2) is 5.13 Å². The van der Waals surface area contributed by atoms with Crippen LogP contribution in [-0.2, 0) is 5.41 Å². The third kappa shape index (κ3) is 6.44. The van der Waals surface area contributed by atoms with Crippen molar-refractivity contribution in [1.82, 2.24) is 20.2 Å². The smallest absolute Gasteiger partial charge is 0.317 e. The molecule has 0 saturated carbocycles. The standard InChI is InChI=1S/C25H35N5O2S2/c1-25(2,3)20-16-34-23(28-20)29-21(31)19-15-33-22(27-19)18-10-13-30(14-11-18)24(32)26-12-9-17-7-5-4-6-8-17/h7,15-16,18H,4-6,8-14H2,1-3H3,(H,26,32)(H,28,29,31). The zero-order valence-corrected chi connectivity index (χ0v) is 22.0. The first kappa shape index (κ1) is 24.9. The van der Waals surface area contributed by atoms with Crippen molar-refractivity contribution >= 4 is 39.7 Å². The van der Waals surface area contributed by atoms with E-state index in [0.29, 0.717) is 17.4 Å². The highest BCUT2D eigenvalue weighted by Crippen LogP contribution is 2.31. The Morgan fingerprint density at radius 2 is 1.91 bits per heavy atom. The summed E-state index contributed by atoms with van der Waals surface area (Å²) in [6.07, 6.45) is 9.96. The maximum Gasteiger partial charge on any atom is 0.317 e. The zero-order chi connectivity index (χ0) is 24.1. The van der Waals surface area contributed by atoms with Crippen LogP contribution < -0.4 is 10.6 Å². The fraction of sp³-hybridized carbons (Fsp3) is 0.600. The minimum atomic E-state index is -0.220. The van der Waals surface area contributed by atoms with Gasteiger partial charge in [-0.3, -0.25) is 10.1 Å². The number of thiazole rings is 2. The summed E-state index contributed by atoms with van der Waals surface area (Å²) in [5, 5.41) is 11.3. The van der Waals surface area contributed by atoms with Crippen LogP contribution in [0.15, 0.2) is 22.4 Å². The molecule has 2 aliphatic rings. The van der Waals surface area contributed by atoms with Gasteiger partial charge in [-0.2, -0.15) is 0 Å². The number of piperidine rings is 1. The van der Waals surface area contributed by atoms with E-state index in [1.165, 1.54) is 53.9 Å². The predicted octanol–water partition coefficient (Wildman–Crippen LogP) is 5.93. The van der Waals surface area contributed by atoms with Crippen molar-refractivity contribution in [2.45, 2.75) is 77.0 Å². The lowest BCUT2D eigenvalue weighted by Crippen LogP contribution is -2.44. The van der Waals surface area contributed by atoms with Crippen molar-refractivity contribution in [3.05, 3.63) is 38.8 Å². The maximum atomic E-state index is 12.7. The van der Waals surface area contributed by atoms with E-state index in [4.69, 9.17) is 0 Å². The lowest BCUT2D eigenvalue weighted by molar-refractivity contribution is 0.102. The number of rotatable bonds is 6. The van der Waals surface area contributed by atoms with Crippen LogP contribution >= 0.6 is 22.7 Å². The molecule has 9 heteroatoms. The lowest BCUT2D eigenvalue weighted by Gasteiger charge is -2.31. The average Bonchev–Trinajstić information content (AvgIpc) is 3.50. The molecule has 0 radical (unpaired) electrons. The van der Waals surface area contributed by atoms with Crippen LogP contribution in [0.1, 0.15) is 92.8 Å². The minimum absolute atomic E-state index is 0.0344. The molecule has 34 heavy (non-hydrogen) atoms. The molecule has 4 rings (SSSR count). The second kappa shape index (κ2) is 11.0. The monoisotopic (exact) mass is 501 g/mol. The maximum absolute atomic E-state index is 12.7. The average molecular weight is 502 g/mol. The van der Waals surface area contributed by atoms with Crippen molar-refractivity contribution in [2.24, 2.45) is 0 Å². The molecule has 2 aromatic heterocycles. The van der Waals surface area contributed by atoms with Crippen LogP contribution in [0, 0.1) is 0 Å². The van der Waals surface area contributed by atoms with Crippen LogP contribution in [0.25, 0.3) is 0 Å². The second-order valence-electron chi connectivity index (χ2n) is 10.2. The van der Waals surface area contributed by atoms with Crippen molar-refractivity contribution in [2.75, 3.05) is 25.0 Å². The highest BCUT2D eigenvalue weighted by Gasteiger charge is 2.26. The Labute approximate surface area is 210 Å². The van der Waals surface area contributed by atoms with Crippen molar-refractivity contribution in [3.63, 3.8) is 0 Å². The number of allylic oxidation sites excluding steroid dienone is 1. The third-order valence-electron chi connectivity index (χ3n) is 6.49. The van der Waals surface area contributed by atoms with Gasteiger partial charge in [0.05, 0.1) is 10.7 Å². The molecule has 1 fully saturated rings. The summed E-state index contributed by atoms with van der Waals surface area (Å²) >= 11 is 2.97. The topological polar surface area (TPSA) is 87.2 Å². The van der Waals surface area contributed by atoms with Gasteiger partial charge in [0.1, 0.15) is 5.69 Å². The highest BCUT2D eigenvalue weighted by atomic mass is 32.1. The number of nitrogens with one attached hydrogen (secondary N) is 2. The molecule has 1 aliphatic carbocycles. The summed E-state index contributed by atoms with van der Waals surface area (Å²) in [6, 6.07) is 0.0344. The molecule has 0 unspecified atom stereocenters. The van der Waals surface area contributed by atoms with Gasteiger partial charge in [-0.1, -0.05) is 32.4 Å². The molecule has 0 spiro atoms. The Bertz CT molecular complexity index is 1030. The number of nitrogens with zero attached hydrogens (tertiary/aromatic N) is 3. The number of carbonyl (C=O) groups excluding carboxylic acids is 2. The summed E-state index contributed by atoms with van der Waals surface area (Å²) in [4.78, 5) is 36.2. The molecule has 1 saturated heterocycles. The number of aromatic nitrogens is 2. The number of urea groups is 1. The van der Waals surface area contributed by atoms with Crippen molar-refractivity contribution in [1.29, 1.82) is 0 Å². The van der Waals surface area contributed by atoms with E-state index in [9.17, 15) is 9.59 Å². The van der Waals surface area contributed by atoms with E-state index in [-0.39, 0.29) is 23.3 Å². The van der Waals surface area contributed by atoms with Gasteiger partial charge in [0.2, 0.25) is 0 Å². The molecule has 3 heterocycles. The largest absolute Gasteiger partial charge is 0.338 e. The summed E-state index contributed by atoms with van der Waals surface area (Å²) < 4.78 is 0. The van der Waals surface area contributed by atoms with E-state index in [2.05, 4.69) is 47.4 Å². The van der Waals surface area contributed by atoms with Crippen molar-refractivity contribution in [3.8, 4) is 0 Å². The van der Waals surface area contributed by atoms with Gasteiger partial charge < -0.3 is 10.2 Å². The lowest BCUT2D eigenvalue weighted by atomic mass is 9.93. The van der Waals surface area contributed by atoms with Crippen LogP contribution in [0.5, 0.6) is 0 Å². The molecule has 0 atom stereocenters. The molecule has 0 aromatic carbocycles. The Kier molecular flexibility index (Phi) is 8.03. The second-order valence-corrected chi connectivity index (χ2v) is 11.9. The van der Waals surface area contributed by atoms with Crippen LogP contribution in [0.2, 0.25) is 0 Å². The molecule has 2 N–H and O–H groups in total. The van der Waals surface area contributed by atoms with Crippen molar-refractivity contribution < 1.29 is 9.59 Å². The first-order valence-corrected chi connectivity index (χ1v) is 14.0. The first-order chi connectivity index (χ1) is 16.3. The zero-order valence-electron chi connectivity index (χ0n) is 20.4. The van der Waals surface area contributed by atoms with Gasteiger partial charge in [-0.25, -0.2) is 14.8 Å². The summed E-state index contributed by atoms with van der Waals surface area (Å²) in [5.41, 5.74) is 2.84. The Hall–Kier alpha value is -2.26. The minimum Gasteiger partial charge on any atom is -0.338 e. The van der Waals surface area contributed by atoms with E-state index in [1.807, 2.05) is 15.7 Å². The summed E-state index contributed by atoms with van der Waals surface area (Å²) in [5.74, 6) is 0.0672. The molecular weight excluding hydrogens is 466 g/mol. The van der Waals surface area contributed by atoms with E-state index >= 15 is 0 Å². The molecule has 2 aromatic rings. The molecule has 0 bridgehead atoms. The molecule has 7 nitrogen and oxygen atoms in total. The third-order valence-corrected chi connectivity index (χ3v) is 8.25. The number of carbonyl (C=O) groups is 2. The van der Waals surface area contributed by atoms with Gasteiger partial charge in [0.25, 0.3) is 5.91 Å². The fourth-order valence-electron chi connectivity index (χ4n) is 4.32. The van der Waals surface area contributed by atoms with Crippen LogP contribution in [0.4, 0.5) is 9.93 Å². The highest BCUT2D eigenvalue weighted by molar-refractivity contribution is 7.14. The van der Waals surface area contributed by atoms with Gasteiger partial charge in [-0.15, -0.1) is 22.7 Å². The molecule has 3 amide bonds. The summed E-state index contributed by atoms with van der Waals surface area (Å²) in [6.45, 7) is 8.45. The molecule has 184 valence electrons. The Balaban J connectivity index is 1.23.